The van der Waals surface area contributed by atoms with Crippen LogP contribution < -0.4 is 9.47 Å². The monoisotopic (exact) mass is 251 g/mol. The zero-order valence-corrected chi connectivity index (χ0v) is 10.3. The second-order valence-electron chi connectivity index (χ2n) is 4.28. The van der Waals surface area contributed by atoms with Crippen LogP contribution in [-0.2, 0) is 10.3 Å². The summed E-state index contributed by atoms with van der Waals surface area (Å²) in [5, 5.41) is 0. The van der Waals surface area contributed by atoms with Gasteiger partial charge in [-0.15, -0.1) is 0 Å². The highest BCUT2D eigenvalue weighted by atomic mass is 19.1. The summed E-state index contributed by atoms with van der Waals surface area (Å²) in [7, 11) is 2.93. The van der Waals surface area contributed by atoms with Gasteiger partial charge in [0.2, 0.25) is 6.08 Å². The molecule has 4 nitrogen and oxygen atoms in total. The third-order valence-electron chi connectivity index (χ3n) is 3.41. The first-order valence-electron chi connectivity index (χ1n) is 5.68. The minimum absolute atomic E-state index is 0.323. The molecule has 0 radical (unpaired) electrons. The SMILES string of the molecule is COc1cc(F)c(C2(N=C=O)CCC2)cc1OC. The van der Waals surface area contributed by atoms with Gasteiger partial charge >= 0.3 is 0 Å². The molecule has 1 aromatic rings. The maximum Gasteiger partial charge on any atom is 0.235 e. The molecule has 1 aliphatic rings. The fourth-order valence-corrected chi connectivity index (χ4v) is 2.25. The molecule has 0 N–H and O–H groups in total. The summed E-state index contributed by atoms with van der Waals surface area (Å²) >= 11 is 0. The molecule has 5 heteroatoms. The fourth-order valence-electron chi connectivity index (χ4n) is 2.25. The van der Waals surface area contributed by atoms with Gasteiger partial charge in [0.1, 0.15) is 11.4 Å². The van der Waals surface area contributed by atoms with Crippen molar-refractivity contribution >= 4 is 6.08 Å². The lowest BCUT2D eigenvalue weighted by molar-refractivity contribution is 0.245. The summed E-state index contributed by atoms with van der Waals surface area (Å²) in [6, 6.07) is 2.81. The van der Waals surface area contributed by atoms with E-state index in [1.807, 2.05) is 0 Å². The van der Waals surface area contributed by atoms with Crippen molar-refractivity contribution in [3.63, 3.8) is 0 Å². The van der Waals surface area contributed by atoms with E-state index in [4.69, 9.17) is 9.47 Å². The van der Waals surface area contributed by atoms with Crippen molar-refractivity contribution in [3.05, 3.63) is 23.5 Å². The van der Waals surface area contributed by atoms with Gasteiger partial charge in [0.05, 0.1) is 14.2 Å². The number of aliphatic imine (C=N–C) groups is 1. The van der Waals surface area contributed by atoms with Crippen LogP contribution in [0.15, 0.2) is 17.1 Å². The number of ether oxygens (including phenoxy) is 2. The van der Waals surface area contributed by atoms with Gasteiger partial charge in [-0.1, -0.05) is 0 Å². The molecule has 0 unspecified atom stereocenters. The normalized spacial score (nSPS) is 16.4. The molecule has 96 valence electrons. The number of hydrogen-bond donors (Lipinski definition) is 0. The molecule has 18 heavy (non-hydrogen) atoms. The van der Waals surface area contributed by atoms with Crippen molar-refractivity contribution < 1.29 is 18.7 Å². The molecule has 0 amide bonds. The molecule has 2 rings (SSSR count). The van der Waals surface area contributed by atoms with Crippen molar-refractivity contribution in [2.45, 2.75) is 24.8 Å². The van der Waals surface area contributed by atoms with E-state index in [-0.39, 0.29) is 0 Å². The first kappa shape index (κ1) is 12.6. The molecule has 0 spiro atoms. The number of methoxy groups -OCH3 is 2. The van der Waals surface area contributed by atoms with Gasteiger partial charge in [0.15, 0.2) is 11.5 Å². The second-order valence-corrected chi connectivity index (χ2v) is 4.28. The van der Waals surface area contributed by atoms with Crippen LogP contribution in [-0.4, -0.2) is 20.3 Å². The molecule has 0 bridgehead atoms. The lowest BCUT2D eigenvalue weighted by Gasteiger charge is -2.37. The molecular formula is C13H14FNO3. The third-order valence-corrected chi connectivity index (χ3v) is 3.41. The Labute approximate surface area is 104 Å². The average molecular weight is 251 g/mol. The summed E-state index contributed by atoms with van der Waals surface area (Å²) in [4.78, 5) is 14.3. The van der Waals surface area contributed by atoms with Crippen LogP contribution in [0.1, 0.15) is 24.8 Å². The van der Waals surface area contributed by atoms with Gasteiger partial charge in [-0.3, -0.25) is 0 Å². The predicted octanol–water partition coefficient (Wildman–Crippen LogP) is 2.56. The lowest BCUT2D eigenvalue weighted by atomic mass is 9.72. The second kappa shape index (κ2) is 4.78. The third kappa shape index (κ3) is 1.87. The minimum Gasteiger partial charge on any atom is -0.493 e. The molecular weight excluding hydrogens is 237 g/mol. The Morgan fingerprint density at radius 3 is 2.33 bits per heavy atom. The van der Waals surface area contributed by atoms with E-state index in [0.29, 0.717) is 29.9 Å². The quantitative estimate of drug-likeness (QED) is 0.610. The Bertz CT molecular complexity index is 505. The summed E-state index contributed by atoms with van der Waals surface area (Å²) in [6.07, 6.45) is 3.75. The molecule has 1 fully saturated rings. The Morgan fingerprint density at radius 1 is 1.28 bits per heavy atom. The van der Waals surface area contributed by atoms with Crippen LogP contribution in [0.4, 0.5) is 4.39 Å². The number of nitrogens with zero attached hydrogens (tertiary/aromatic N) is 1. The van der Waals surface area contributed by atoms with Crippen molar-refractivity contribution in [2.75, 3.05) is 14.2 Å². The Morgan fingerprint density at radius 2 is 1.89 bits per heavy atom. The average Bonchev–Trinajstić information content (AvgIpc) is 2.34. The smallest absolute Gasteiger partial charge is 0.235 e. The first-order valence-corrected chi connectivity index (χ1v) is 5.68. The standard InChI is InChI=1S/C13H14FNO3/c1-17-11-6-9(10(14)7-12(11)18-2)13(15-8-16)4-3-5-13/h6-7H,3-5H2,1-2H3. The van der Waals surface area contributed by atoms with Gasteiger partial charge < -0.3 is 9.47 Å². The molecule has 0 atom stereocenters. The van der Waals surface area contributed by atoms with Gasteiger partial charge in [0, 0.05) is 11.6 Å². The first-order chi connectivity index (χ1) is 8.66. The van der Waals surface area contributed by atoms with Crippen LogP contribution >= 0.6 is 0 Å². The largest absolute Gasteiger partial charge is 0.493 e. The van der Waals surface area contributed by atoms with E-state index in [0.717, 1.165) is 6.42 Å². The van der Waals surface area contributed by atoms with Crippen LogP contribution in [0, 0.1) is 5.82 Å². The van der Waals surface area contributed by atoms with Gasteiger partial charge in [-0.05, 0) is 25.3 Å². The summed E-state index contributed by atoms with van der Waals surface area (Å²) in [5.41, 5.74) is -0.402. The van der Waals surface area contributed by atoms with Gasteiger partial charge in [-0.25, -0.2) is 9.18 Å². The Balaban J connectivity index is 2.53. The number of carbonyl (C=O) groups excluding carboxylic acids is 1. The number of halogens is 1. The summed E-state index contributed by atoms with van der Waals surface area (Å²) in [5.74, 6) is 0.316. The molecule has 1 saturated carbocycles. The molecule has 0 aliphatic heterocycles. The van der Waals surface area contributed by atoms with Gasteiger partial charge in [-0.2, -0.15) is 4.99 Å². The molecule has 1 aliphatic carbocycles. The van der Waals surface area contributed by atoms with Crippen molar-refractivity contribution in [3.8, 4) is 11.5 Å². The summed E-state index contributed by atoms with van der Waals surface area (Å²) < 4.78 is 24.2. The Kier molecular flexibility index (Phi) is 3.34. The lowest BCUT2D eigenvalue weighted by Crippen LogP contribution is -2.33. The predicted molar refractivity (Wildman–Crippen MR) is 63.2 cm³/mol. The van der Waals surface area contributed by atoms with E-state index < -0.39 is 11.4 Å². The van der Waals surface area contributed by atoms with Gasteiger partial charge in [0.25, 0.3) is 0 Å². The molecule has 1 aromatic carbocycles. The highest BCUT2D eigenvalue weighted by Crippen LogP contribution is 2.47. The topological polar surface area (TPSA) is 47.9 Å². The zero-order chi connectivity index (χ0) is 13.2. The number of rotatable bonds is 4. The van der Waals surface area contributed by atoms with Crippen LogP contribution in [0.5, 0.6) is 11.5 Å². The zero-order valence-electron chi connectivity index (χ0n) is 10.3. The number of isocyanates is 1. The Hall–Kier alpha value is -1.87. The maximum absolute atomic E-state index is 14.1. The van der Waals surface area contributed by atoms with E-state index in [2.05, 4.69) is 4.99 Å². The van der Waals surface area contributed by atoms with E-state index >= 15 is 0 Å². The minimum atomic E-state index is -0.772. The van der Waals surface area contributed by atoms with Crippen LogP contribution in [0.2, 0.25) is 0 Å². The van der Waals surface area contributed by atoms with Crippen LogP contribution in [0.3, 0.4) is 0 Å². The fraction of sp³-hybridized carbons (Fsp3) is 0.462. The molecule has 0 saturated heterocycles. The van der Waals surface area contributed by atoms with E-state index in [9.17, 15) is 9.18 Å². The van der Waals surface area contributed by atoms with Crippen molar-refractivity contribution in [1.29, 1.82) is 0 Å². The number of hydrogen-bond acceptors (Lipinski definition) is 4. The summed E-state index contributed by atoms with van der Waals surface area (Å²) in [6.45, 7) is 0. The van der Waals surface area contributed by atoms with Crippen molar-refractivity contribution in [2.24, 2.45) is 4.99 Å². The van der Waals surface area contributed by atoms with E-state index in [1.165, 1.54) is 26.4 Å². The van der Waals surface area contributed by atoms with Crippen LogP contribution in [0.25, 0.3) is 0 Å². The van der Waals surface area contributed by atoms with Crippen molar-refractivity contribution in [1.82, 2.24) is 0 Å². The maximum atomic E-state index is 14.1. The molecule has 0 aromatic heterocycles. The highest BCUT2D eigenvalue weighted by Gasteiger charge is 2.41. The number of benzene rings is 1. The van der Waals surface area contributed by atoms with E-state index in [1.54, 1.807) is 6.07 Å². The highest BCUT2D eigenvalue weighted by molar-refractivity contribution is 5.48. The molecule has 0 heterocycles.